The third-order valence-corrected chi connectivity index (χ3v) is 5.24. The van der Waals surface area contributed by atoms with Crippen molar-refractivity contribution in [3.63, 3.8) is 0 Å². The highest BCUT2D eigenvalue weighted by molar-refractivity contribution is 7.11. The second kappa shape index (κ2) is 6.58. The Labute approximate surface area is 158 Å². The van der Waals surface area contributed by atoms with Gasteiger partial charge in [-0.05, 0) is 24.6 Å². The van der Waals surface area contributed by atoms with Crippen molar-refractivity contribution in [2.24, 2.45) is 0 Å². The summed E-state index contributed by atoms with van der Waals surface area (Å²) in [5.74, 6) is -0.529. The Kier molecular flexibility index (Phi) is 4.23. The average Bonchev–Trinajstić information content (AvgIpc) is 3.09. The van der Waals surface area contributed by atoms with Crippen molar-refractivity contribution in [3.05, 3.63) is 51.9 Å². The van der Waals surface area contributed by atoms with Gasteiger partial charge in [-0.2, -0.15) is 0 Å². The fraction of sp³-hybridized carbons (Fsp3) is 0.222. The Bertz CT molecular complexity index is 1050. The number of halogens is 1. The summed E-state index contributed by atoms with van der Waals surface area (Å²) in [6, 6.07) is 4.04. The van der Waals surface area contributed by atoms with Crippen molar-refractivity contribution in [2.75, 3.05) is 12.8 Å². The average molecular weight is 385 g/mol. The summed E-state index contributed by atoms with van der Waals surface area (Å²) in [5.41, 5.74) is 9.25. The molecule has 0 saturated heterocycles. The maximum Gasteiger partial charge on any atom is 0.273 e. The summed E-state index contributed by atoms with van der Waals surface area (Å²) in [7, 11) is 1.53. The molecule has 1 amide bonds. The Morgan fingerprint density at radius 1 is 1.33 bits per heavy atom. The van der Waals surface area contributed by atoms with E-state index >= 15 is 0 Å². The number of hydrogen-bond acceptors (Lipinski definition) is 7. The molecular weight excluding hydrogens is 369 g/mol. The summed E-state index contributed by atoms with van der Waals surface area (Å²) in [6.07, 6.45) is 0.425. The number of nitrogens with two attached hydrogens (primary N) is 1. The molecule has 0 spiro atoms. The van der Waals surface area contributed by atoms with E-state index in [0.717, 1.165) is 5.56 Å². The molecular formula is C18H16FN5O2S. The predicted molar refractivity (Wildman–Crippen MR) is 99.2 cm³/mol. The third-order valence-electron chi connectivity index (χ3n) is 4.44. The number of benzene rings is 1. The Balaban J connectivity index is 1.79. The number of nitrogens with one attached hydrogen (secondary N) is 1. The lowest BCUT2D eigenvalue weighted by Crippen LogP contribution is -2.37. The van der Waals surface area contributed by atoms with Crippen LogP contribution in [0.2, 0.25) is 0 Å². The minimum atomic E-state index is -0.387. The summed E-state index contributed by atoms with van der Waals surface area (Å²) in [4.78, 5) is 25.3. The Morgan fingerprint density at radius 2 is 2.15 bits per heavy atom. The number of hydrogen-bond donors (Lipinski definition) is 2. The number of thiazole rings is 1. The number of fused-ring (bicyclic) bond motifs is 1. The van der Waals surface area contributed by atoms with E-state index in [1.807, 2.05) is 0 Å². The van der Waals surface area contributed by atoms with Crippen molar-refractivity contribution in [3.8, 4) is 16.5 Å². The van der Waals surface area contributed by atoms with Gasteiger partial charge in [0.15, 0.2) is 0 Å². The number of ether oxygens (including phenoxy) is 1. The zero-order valence-electron chi connectivity index (χ0n) is 14.6. The first-order valence-electron chi connectivity index (χ1n) is 8.19. The highest BCUT2D eigenvalue weighted by Crippen LogP contribution is 2.35. The van der Waals surface area contributed by atoms with E-state index in [1.54, 1.807) is 18.4 Å². The summed E-state index contributed by atoms with van der Waals surface area (Å²) in [6.45, 7) is 1.72. The molecule has 3 heterocycles. The van der Waals surface area contributed by atoms with Gasteiger partial charge in [-0.15, -0.1) is 0 Å². The molecule has 1 aromatic carbocycles. The van der Waals surface area contributed by atoms with Crippen LogP contribution in [0.4, 0.5) is 10.3 Å². The molecule has 0 aliphatic carbocycles. The summed E-state index contributed by atoms with van der Waals surface area (Å²) >= 11 is 1.32. The van der Waals surface area contributed by atoms with E-state index in [2.05, 4.69) is 20.3 Å². The lowest BCUT2D eigenvalue weighted by molar-refractivity contribution is 0.0922. The van der Waals surface area contributed by atoms with Crippen LogP contribution >= 0.6 is 11.3 Å². The van der Waals surface area contributed by atoms with Crippen molar-refractivity contribution in [2.45, 2.75) is 19.4 Å². The largest absolute Gasteiger partial charge is 0.473 e. The van der Waals surface area contributed by atoms with E-state index in [-0.39, 0.29) is 23.7 Å². The second-order valence-electron chi connectivity index (χ2n) is 6.15. The molecule has 0 fully saturated rings. The van der Waals surface area contributed by atoms with Gasteiger partial charge in [-0.3, -0.25) is 4.79 Å². The molecule has 0 unspecified atom stereocenters. The van der Waals surface area contributed by atoms with E-state index < -0.39 is 0 Å². The van der Waals surface area contributed by atoms with Crippen molar-refractivity contribution in [1.29, 1.82) is 0 Å². The molecule has 2 aromatic heterocycles. The number of aryl methyl sites for hydroxylation is 1. The van der Waals surface area contributed by atoms with Crippen molar-refractivity contribution >= 4 is 23.2 Å². The van der Waals surface area contributed by atoms with Gasteiger partial charge >= 0.3 is 0 Å². The molecule has 4 rings (SSSR count). The third kappa shape index (κ3) is 3.10. The zero-order chi connectivity index (χ0) is 19.1. The molecule has 9 heteroatoms. The van der Waals surface area contributed by atoms with Gasteiger partial charge in [-0.25, -0.2) is 19.3 Å². The number of amides is 1. The first kappa shape index (κ1) is 17.3. The number of aromatic nitrogens is 3. The van der Waals surface area contributed by atoms with Gasteiger partial charge in [0.2, 0.25) is 5.95 Å². The fourth-order valence-electron chi connectivity index (χ4n) is 3.29. The molecule has 0 saturated carbocycles. The molecule has 3 N–H and O–H groups in total. The van der Waals surface area contributed by atoms with Crippen molar-refractivity contribution in [1.82, 2.24) is 20.3 Å². The van der Waals surface area contributed by atoms with Gasteiger partial charge < -0.3 is 15.8 Å². The van der Waals surface area contributed by atoms with Crippen LogP contribution in [0.5, 0.6) is 5.19 Å². The van der Waals surface area contributed by atoms with Gasteiger partial charge in [-0.1, -0.05) is 17.4 Å². The number of anilines is 1. The predicted octanol–water partition coefficient (Wildman–Crippen LogP) is 2.67. The van der Waals surface area contributed by atoms with E-state index in [0.29, 0.717) is 39.8 Å². The maximum absolute atomic E-state index is 13.9. The van der Waals surface area contributed by atoms with E-state index in [4.69, 9.17) is 10.5 Å². The van der Waals surface area contributed by atoms with Crippen LogP contribution in [0, 0.1) is 12.7 Å². The van der Waals surface area contributed by atoms with Crippen LogP contribution in [0.3, 0.4) is 0 Å². The van der Waals surface area contributed by atoms with Crippen LogP contribution in [0.15, 0.2) is 23.6 Å². The quantitative estimate of drug-likeness (QED) is 0.718. The molecule has 1 atom stereocenters. The molecule has 1 aliphatic heterocycles. The first-order chi connectivity index (χ1) is 13.0. The number of nitrogens with zero attached hydrogens (tertiary/aromatic N) is 3. The number of methoxy groups -OCH3 is 1. The van der Waals surface area contributed by atoms with Crippen LogP contribution in [-0.4, -0.2) is 28.0 Å². The normalized spacial score (nSPS) is 16.0. The number of carbonyl (C=O) groups excluding carboxylic acids is 1. The molecule has 0 radical (unpaired) electrons. The van der Waals surface area contributed by atoms with E-state index in [9.17, 15) is 9.18 Å². The number of nitrogen functional groups attached to an aromatic ring is 1. The lowest BCUT2D eigenvalue weighted by atomic mass is 9.90. The van der Waals surface area contributed by atoms with Crippen LogP contribution < -0.4 is 15.8 Å². The second-order valence-corrected chi connectivity index (χ2v) is 6.97. The maximum atomic E-state index is 13.9. The van der Waals surface area contributed by atoms with Gasteiger partial charge in [0.1, 0.15) is 5.82 Å². The van der Waals surface area contributed by atoms with E-state index in [1.165, 1.54) is 30.6 Å². The first-order valence-corrected chi connectivity index (χ1v) is 9.07. The monoisotopic (exact) mass is 385 g/mol. The molecule has 27 heavy (non-hydrogen) atoms. The van der Waals surface area contributed by atoms with Crippen molar-refractivity contribution < 1.29 is 13.9 Å². The molecule has 0 bridgehead atoms. The smallest absolute Gasteiger partial charge is 0.273 e. The summed E-state index contributed by atoms with van der Waals surface area (Å²) < 4.78 is 19.1. The zero-order valence-corrected chi connectivity index (χ0v) is 15.4. The minimum Gasteiger partial charge on any atom is -0.473 e. The molecule has 7 nitrogen and oxygen atoms in total. The summed E-state index contributed by atoms with van der Waals surface area (Å²) in [5, 5.41) is 5.23. The SMILES string of the molecule is COc1nc(-c2cc(F)ccc2[C@H]2Cc3nc(N)nc(C)c3C(=O)N2)cs1. The van der Waals surface area contributed by atoms with Crippen LogP contribution in [0.25, 0.3) is 11.3 Å². The Hall–Kier alpha value is -3.07. The van der Waals surface area contributed by atoms with Gasteiger partial charge in [0.25, 0.3) is 11.1 Å². The van der Waals surface area contributed by atoms with Gasteiger partial charge in [0, 0.05) is 17.4 Å². The Morgan fingerprint density at radius 3 is 2.89 bits per heavy atom. The number of carbonyl (C=O) groups is 1. The molecule has 138 valence electrons. The number of rotatable bonds is 3. The highest BCUT2D eigenvalue weighted by Gasteiger charge is 2.30. The van der Waals surface area contributed by atoms with Crippen LogP contribution in [0.1, 0.15) is 33.4 Å². The highest BCUT2D eigenvalue weighted by atomic mass is 32.1. The lowest BCUT2D eigenvalue weighted by Gasteiger charge is -2.27. The molecule has 1 aliphatic rings. The minimum absolute atomic E-state index is 0.128. The fourth-order valence-corrected chi connectivity index (χ4v) is 3.93. The standard InChI is InChI=1S/C18H16FN5O2S/c1-8-15-13(23-17(20)21-8)6-12(22-16(15)25)10-4-3-9(19)5-11(10)14-7-27-18(24-14)26-2/h3-5,7,12H,6H2,1-2H3,(H,22,25)(H2,20,21,23)/t12-/m1/s1. The molecule has 3 aromatic rings. The topological polar surface area (TPSA) is 103 Å². The van der Waals surface area contributed by atoms with Crippen LogP contribution in [-0.2, 0) is 6.42 Å². The van der Waals surface area contributed by atoms with Gasteiger partial charge in [0.05, 0.1) is 35.8 Å².